The number of carbonyl (C=O) groups excluding carboxylic acids is 2. The molecule has 0 bridgehead atoms. The minimum Gasteiger partial charge on any atom is -0.465 e. The van der Waals surface area contributed by atoms with Gasteiger partial charge in [0.05, 0.1) is 17.4 Å². The van der Waals surface area contributed by atoms with E-state index < -0.39 is 0 Å². The average molecular weight is 465 g/mol. The molecule has 4 heteroatoms. The van der Waals surface area contributed by atoms with Crippen LogP contribution in [0.3, 0.4) is 0 Å². The second kappa shape index (κ2) is 17.4. The maximum absolute atomic E-state index is 11.7. The highest BCUT2D eigenvalue weighted by Gasteiger charge is 2.30. The topological polar surface area (TPSA) is 52.6 Å². The van der Waals surface area contributed by atoms with E-state index >= 15 is 0 Å². The lowest BCUT2D eigenvalue weighted by molar-refractivity contribution is -0.165. The highest BCUT2D eigenvalue weighted by Crippen LogP contribution is 2.26. The molecule has 200 valence electrons. The van der Waals surface area contributed by atoms with Gasteiger partial charge in [0.2, 0.25) is 0 Å². The Morgan fingerprint density at radius 3 is 1.31 bits per heavy atom. The number of carbonyl (C=O) groups is 2. The van der Waals surface area contributed by atoms with Crippen LogP contribution in [0.1, 0.15) is 139 Å². The molecular formula is C28H64O4. The van der Waals surface area contributed by atoms with Crippen LogP contribution < -0.4 is 0 Å². The summed E-state index contributed by atoms with van der Waals surface area (Å²) in [5.74, 6) is 0.241. The van der Waals surface area contributed by atoms with Gasteiger partial charge in [-0.05, 0) is 79.1 Å². The lowest BCUT2D eigenvalue weighted by Gasteiger charge is -2.27. The predicted molar refractivity (Wildman–Crippen MR) is 145 cm³/mol. The average Bonchev–Trinajstić information content (AvgIpc) is 2.49. The molecule has 0 aromatic heterocycles. The quantitative estimate of drug-likeness (QED) is 0.352. The van der Waals surface area contributed by atoms with Gasteiger partial charge in [-0.3, -0.25) is 9.59 Å². The Balaban J connectivity index is -0.0000000967. The Hall–Kier alpha value is -1.06. The monoisotopic (exact) mass is 464 g/mol. The molecule has 0 spiro atoms. The molecule has 4 nitrogen and oxygen atoms in total. The number of rotatable bonds is 7. The summed E-state index contributed by atoms with van der Waals surface area (Å²) in [5.41, 5.74) is -0.773. The molecule has 0 aliphatic heterocycles. The van der Waals surface area contributed by atoms with Gasteiger partial charge in [-0.15, -0.1) is 0 Å². The van der Waals surface area contributed by atoms with Crippen LogP contribution >= 0.6 is 0 Å². The molecule has 0 amide bonds. The Kier molecular flexibility index (Phi) is 24.3. The van der Waals surface area contributed by atoms with Crippen LogP contribution in [0.5, 0.6) is 0 Å². The largest absolute Gasteiger partial charge is 0.465 e. The van der Waals surface area contributed by atoms with Gasteiger partial charge < -0.3 is 9.47 Å². The van der Waals surface area contributed by atoms with Crippen molar-refractivity contribution in [3.63, 3.8) is 0 Å². The first-order valence-corrected chi connectivity index (χ1v) is 10.7. The fourth-order valence-electron chi connectivity index (χ4n) is 2.22. The van der Waals surface area contributed by atoms with Crippen LogP contribution in [0.2, 0.25) is 0 Å². The minimum atomic E-state index is -0.372. The van der Waals surface area contributed by atoms with Gasteiger partial charge in [0.25, 0.3) is 0 Å². The smallest absolute Gasteiger partial charge is 0.312 e. The normalized spacial score (nSPS) is 12.2. The molecule has 0 aliphatic carbocycles. The molecule has 0 radical (unpaired) electrons. The molecule has 0 heterocycles. The van der Waals surface area contributed by atoms with Crippen molar-refractivity contribution in [1.82, 2.24) is 0 Å². The van der Waals surface area contributed by atoms with Crippen molar-refractivity contribution in [3.05, 3.63) is 0 Å². The van der Waals surface area contributed by atoms with Crippen molar-refractivity contribution >= 4 is 11.9 Å². The summed E-state index contributed by atoms with van der Waals surface area (Å²) in [4.78, 5) is 23.2. The fourth-order valence-corrected chi connectivity index (χ4v) is 2.22. The second-order valence-electron chi connectivity index (χ2n) is 11.4. The highest BCUT2D eigenvalue weighted by atomic mass is 16.6. The SMILES string of the molecule is C.C.C.C.CCC(C)(C)C(=O)OC(C)(C)C.CCC(C)(C)C(=O)OCC(C)CC(C)(C)C. The Labute approximate surface area is 204 Å². The predicted octanol–water partition coefficient (Wildman–Crippen LogP) is 9.35. The van der Waals surface area contributed by atoms with Gasteiger partial charge in [-0.1, -0.05) is 71.2 Å². The van der Waals surface area contributed by atoms with Gasteiger partial charge in [-0.25, -0.2) is 0 Å². The molecule has 0 aromatic carbocycles. The zero-order chi connectivity index (χ0) is 23.0. The van der Waals surface area contributed by atoms with E-state index in [1.54, 1.807) is 0 Å². The van der Waals surface area contributed by atoms with Crippen molar-refractivity contribution in [2.45, 2.75) is 145 Å². The number of hydrogen-bond acceptors (Lipinski definition) is 4. The number of ether oxygens (including phenoxy) is 2. The lowest BCUT2D eigenvalue weighted by atomic mass is 9.86. The molecule has 0 rings (SSSR count). The van der Waals surface area contributed by atoms with Gasteiger partial charge in [-0.2, -0.15) is 0 Å². The minimum absolute atomic E-state index is 0. The summed E-state index contributed by atoms with van der Waals surface area (Å²) in [7, 11) is 0. The molecule has 1 unspecified atom stereocenters. The van der Waals surface area contributed by atoms with Gasteiger partial charge >= 0.3 is 11.9 Å². The lowest BCUT2D eigenvalue weighted by Crippen LogP contribution is -2.33. The van der Waals surface area contributed by atoms with E-state index in [2.05, 4.69) is 27.7 Å². The summed E-state index contributed by atoms with van der Waals surface area (Å²) >= 11 is 0. The third kappa shape index (κ3) is 22.1. The maximum atomic E-state index is 11.7. The van der Waals surface area contributed by atoms with E-state index in [0.717, 1.165) is 19.3 Å². The first-order valence-electron chi connectivity index (χ1n) is 10.7. The van der Waals surface area contributed by atoms with Gasteiger partial charge in [0.15, 0.2) is 0 Å². The molecule has 0 aromatic rings. The van der Waals surface area contributed by atoms with E-state index in [-0.39, 0.29) is 58.1 Å². The van der Waals surface area contributed by atoms with Crippen molar-refractivity contribution in [2.24, 2.45) is 22.2 Å². The molecule has 0 saturated heterocycles. The summed E-state index contributed by atoms with van der Waals surface area (Å²) in [6, 6.07) is 0. The zero-order valence-electron chi connectivity index (χ0n) is 21.0. The number of esters is 2. The zero-order valence-corrected chi connectivity index (χ0v) is 21.0. The third-order valence-electron chi connectivity index (χ3n) is 4.73. The first kappa shape index (κ1) is 44.6. The molecule has 0 N–H and O–H groups in total. The molecule has 0 fully saturated rings. The molecule has 0 aliphatic rings. The van der Waals surface area contributed by atoms with E-state index in [1.807, 2.05) is 62.3 Å². The van der Waals surface area contributed by atoms with Crippen LogP contribution in [0.25, 0.3) is 0 Å². The van der Waals surface area contributed by atoms with Crippen LogP contribution in [-0.2, 0) is 19.1 Å². The first-order chi connectivity index (χ1) is 12.3. The Morgan fingerprint density at radius 1 is 0.688 bits per heavy atom. The summed E-state index contributed by atoms with van der Waals surface area (Å²) < 4.78 is 10.6. The van der Waals surface area contributed by atoms with Crippen LogP contribution in [0, 0.1) is 22.2 Å². The van der Waals surface area contributed by atoms with Gasteiger partial charge in [0.1, 0.15) is 5.60 Å². The molecule has 32 heavy (non-hydrogen) atoms. The second-order valence-corrected chi connectivity index (χ2v) is 11.4. The van der Waals surface area contributed by atoms with E-state index in [1.165, 1.54) is 0 Å². The highest BCUT2D eigenvalue weighted by molar-refractivity contribution is 5.76. The van der Waals surface area contributed by atoms with Crippen LogP contribution in [0.4, 0.5) is 0 Å². The van der Waals surface area contributed by atoms with E-state index in [9.17, 15) is 9.59 Å². The van der Waals surface area contributed by atoms with Gasteiger partial charge in [0, 0.05) is 0 Å². The number of hydrogen-bond donors (Lipinski definition) is 0. The third-order valence-corrected chi connectivity index (χ3v) is 4.73. The molecule has 1 atom stereocenters. The maximum Gasteiger partial charge on any atom is 0.312 e. The van der Waals surface area contributed by atoms with E-state index in [0.29, 0.717) is 17.9 Å². The molecule has 0 saturated carbocycles. The van der Waals surface area contributed by atoms with Crippen molar-refractivity contribution in [2.75, 3.05) is 6.61 Å². The summed E-state index contributed by atoms with van der Waals surface area (Å²) in [6.07, 6.45) is 2.70. The van der Waals surface area contributed by atoms with E-state index in [4.69, 9.17) is 9.47 Å². The standard InChI is InChI=1S/C14H28O2.C10H20O2.4CH4/c1-8-14(6,7)12(15)16-10-11(2)9-13(3,4)5;1-7-10(5,6)8(11)12-9(2,3)4;;;;/h11H,8-10H2,1-7H3;7H2,1-6H3;4*1H4. The van der Waals surface area contributed by atoms with Crippen molar-refractivity contribution < 1.29 is 19.1 Å². The van der Waals surface area contributed by atoms with Crippen LogP contribution in [-0.4, -0.2) is 24.1 Å². The van der Waals surface area contributed by atoms with Crippen LogP contribution in [0.15, 0.2) is 0 Å². The molecular weight excluding hydrogens is 400 g/mol. The summed E-state index contributed by atoms with van der Waals surface area (Å²) in [6.45, 7) is 26.6. The van der Waals surface area contributed by atoms with Crippen molar-refractivity contribution in [1.29, 1.82) is 0 Å². The Morgan fingerprint density at radius 2 is 1.03 bits per heavy atom. The van der Waals surface area contributed by atoms with Crippen molar-refractivity contribution in [3.8, 4) is 0 Å². The Bertz CT molecular complexity index is 477. The fraction of sp³-hybridized carbons (Fsp3) is 0.929. The summed E-state index contributed by atoms with van der Waals surface area (Å²) in [5, 5.41) is 0.